The van der Waals surface area contributed by atoms with Crippen molar-refractivity contribution in [3.63, 3.8) is 0 Å². The zero-order valence-corrected chi connectivity index (χ0v) is 6.10. The van der Waals surface area contributed by atoms with Gasteiger partial charge >= 0.3 is 5.97 Å². The summed E-state index contributed by atoms with van der Waals surface area (Å²) < 4.78 is 10.0. The van der Waals surface area contributed by atoms with Crippen molar-refractivity contribution >= 4 is 14.4 Å². The first kappa shape index (κ1) is 8.57. The average molecular weight is 148 g/mol. The van der Waals surface area contributed by atoms with Crippen molar-refractivity contribution in [2.45, 2.75) is 25.4 Å². The van der Waals surface area contributed by atoms with Gasteiger partial charge in [-0.15, -0.1) is 0 Å². The van der Waals surface area contributed by atoms with Gasteiger partial charge in [0.15, 0.2) is 8.46 Å². The summed E-state index contributed by atoms with van der Waals surface area (Å²) in [5.41, 5.74) is -0.0268. The summed E-state index contributed by atoms with van der Waals surface area (Å²) in [6.45, 7) is 1.75. The monoisotopic (exact) mass is 148 g/mol. The van der Waals surface area contributed by atoms with Crippen LogP contribution in [0.1, 0.15) is 19.8 Å². The molecule has 0 spiro atoms. The van der Waals surface area contributed by atoms with Crippen LogP contribution in [0.25, 0.3) is 0 Å². The SMILES string of the molecule is CC(CCC(=O)O)P=O. The van der Waals surface area contributed by atoms with Crippen molar-refractivity contribution in [3.05, 3.63) is 0 Å². The maximum absolute atomic E-state index is 10.0. The number of hydrogen-bond donors (Lipinski definition) is 1. The summed E-state index contributed by atoms with van der Waals surface area (Å²) in [6, 6.07) is 0. The minimum Gasteiger partial charge on any atom is -0.481 e. The van der Waals surface area contributed by atoms with Gasteiger partial charge in [0, 0.05) is 12.1 Å². The zero-order valence-electron chi connectivity index (χ0n) is 5.20. The lowest BCUT2D eigenvalue weighted by Gasteiger charge is -1.95. The fourth-order valence-electron chi connectivity index (χ4n) is 0.385. The lowest BCUT2D eigenvalue weighted by molar-refractivity contribution is -0.137. The third-order valence-corrected chi connectivity index (χ3v) is 1.57. The van der Waals surface area contributed by atoms with Crippen molar-refractivity contribution in [1.82, 2.24) is 0 Å². The first-order valence-electron chi connectivity index (χ1n) is 2.71. The second kappa shape index (κ2) is 4.45. The van der Waals surface area contributed by atoms with E-state index < -0.39 is 5.97 Å². The lowest BCUT2D eigenvalue weighted by Crippen LogP contribution is -1.99. The molecule has 0 aromatic rings. The quantitative estimate of drug-likeness (QED) is 0.615. The topological polar surface area (TPSA) is 54.4 Å². The summed E-state index contributed by atoms with van der Waals surface area (Å²) >= 11 is 0. The molecule has 0 aliphatic rings. The van der Waals surface area contributed by atoms with E-state index in [9.17, 15) is 9.36 Å². The molecule has 0 saturated carbocycles. The molecule has 0 amide bonds. The van der Waals surface area contributed by atoms with E-state index in [4.69, 9.17) is 5.11 Å². The number of carboxylic acid groups (broad SMARTS) is 1. The highest BCUT2D eigenvalue weighted by atomic mass is 31.1. The molecule has 0 fully saturated rings. The summed E-state index contributed by atoms with van der Waals surface area (Å²) in [5, 5.41) is 8.15. The van der Waals surface area contributed by atoms with Gasteiger partial charge in [-0.25, -0.2) is 0 Å². The van der Waals surface area contributed by atoms with E-state index in [1.165, 1.54) is 0 Å². The molecule has 0 aromatic carbocycles. The van der Waals surface area contributed by atoms with Gasteiger partial charge in [0.05, 0.1) is 0 Å². The smallest absolute Gasteiger partial charge is 0.303 e. The van der Waals surface area contributed by atoms with Crippen molar-refractivity contribution in [2.75, 3.05) is 0 Å². The molecule has 0 heterocycles. The van der Waals surface area contributed by atoms with Crippen LogP contribution in [0.2, 0.25) is 0 Å². The van der Waals surface area contributed by atoms with Gasteiger partial charge in [-0.2, -0.15) is 0 Å². The second-order valence-corrected chi connectivity index (χ2v) is 2.98. The molecule has 52 valence electrons. The van der Waals surface area contributed by atoms with Gasteiger partial charge in [0.25, 0.3) is 0 Å². The molecule has 0 radical (unpaired) electrons. The van der Waals surface area contributed by atoms with Crippen molar-refractivity contribution in [2.24, 2.45) is 0 Å². The summed E-state index contributed by atoms with van der Waals surface area (Å²) in [5.74, 6) is -0.828. The van der Waals surface area contributed by atoms with Crippen LogP contribution in [0.4, 0.5) is 0 Å². The van der Waals surface area contributed by atoms with Crippen LogP contribution in [0, 0.1) is 0 Å². The Morgan fingerprint density at radius 2 is 2.33 bits per heavy atom. The fourth-order valence-corrected chi connectivity index (χ4v) is 0.620. The van der Waals surface area contributed by atoms with Crippen molar-refractivity contribution in [3.8, 4) is 0 Å². The van der Waals surface area contributed by atoms with E-state index in [1.807, 2.05) is 0 Å². The molecule has 1 N–H and O–H groups in total. The Labute approximate surface area is 55.3 Å². The molecule has 3 nitrogen and oxygen atoms in total. The third kappa shape index (κ3) is 5.44. The molecule has 0 aromatic heterocycles. The van der Waals surface area contributed by atoms with Crippen molar-refractivity contribution in [1.29, 1.82) is 0 Å². The van der Waals surface area contributed by atoms with Crippen LogP contribution in [0.15, 0.2) is 0 Å². The van der Waals surface area contributed by atoms with Crippen LogP contribution < -0.4 is 0 Å². The number of hydrogen-bond acceptors (Lipinski definition) is 2. The van der Waals surface area contributed by atoms with E-state index in [-0.39, 0.29) is 20.5 Å². The van der Waals surface area contributed by atoms with Crippen LogP contribution in [0.3, 0.4) is 0 Å². The normalized spacial score (nSPS) is 13.4. The minimum absolute atomic E-state index is 0.0268. The molecule has 0 bridgehead atoms. The molecule has 0 saturated heterocycles. The summed E-state index contributed by atoms with van der Waals surface area (Å²) in [7, 11) is 0.0356. The minimum atomic E-state index is -0.828. The highest BCUT2D eigenvalue weighted by molar-refractivity contribution is 7.24. The van der Waals surface area contributed by atoms with Gasteiger partial charge in [-0.1, -0.05) is 6.92 Å². The molecular weight excluding hydrogens is 139 g/mol. The van der Waals surface area contributed by atoms with Gasteiger partial charge in [0.1, 0.15) is 0 Å². The van der Waals surface area contributed by atoms with Gasteiger partial charge in [-0.3, -0.25) is 9.36 Å². The van der Waals surface area contributed by atoms with Crippen LogP contribution in [-0.2, 0) is 9.36 Å². The van der Waals surface area contributed by atoms with Gasteiger partial charge in [0.2, 0.25) is 0 Å². The third-order valence-electron chi connectivity index (χ3n) is 0.956. The molecule has 4 heteroatoms. The fraction of sp³-hybridized carbons (Fsp3) is 0.800. The highest BCUT2D eigenvalue weighted by Gasteiger charge is 2.03. The molecule has 0 rings (SSSR count). The molecule has 0 aliphatic carbocycles. The predicted molar refractivity (Wildman–Crippen MR) is 33.9 cm³/mol. The predicted octanol–water partition coefficient (Wildman–Crippen LogP) is 1.53. The van der Waals surface area contributed by atoms with E-state index in [1.54, 1.807) is 6.92 Å². The summed E-state index contributed by atoms with van der Waals surface area (Å²) in [4.78, 5) is 9.91. The van der Waals surface area contributed by atoms with E-state index in [0.29, 0.717) is 6.42 Å². The molecule has 1 unspecified atom stereocenters. The maximum Gasteiger partial charge on any atom is 0.303 e. The number of aliphatic carboxylic acids is 1. The van der Waals surface area contributed by atoms with E-state index >= 15 is 0 Å². The Hall–Kier alpha value is -0.430. The first-order valence-corrected chi connectivity index (χ1v) is 3.59. The largest absolute Gasteiger partial charge is 0.481 e. The Morgan fingerprint density at radius 3 is 2.67 bits per heavy atom. The van der Waals surface area contributed by atoms with E-state index in [2.05, 4.69) is 0 Å². The summed E-state index contributed by atoms with van der Waals surface area (Å²) in [6.07, 6.45) is 0.594. The number of carbonyl (C=O) groups is 1. The Bertz CT molecular complexity index is 113. The first-order chi connectivity index (χ1) is 4.16. The second-order valence-electron chi connectivity index (χ2n) is 1.89. The maximum atomic E-state index is 10.0. The van der Waals surface area contributed by atoms with Crippen LogP contribution >= 0.6 is 8.46 Å². The van der Waals surface area contributed by atoms with Crippen molar-refractivity contribution < 1.29 is 14.5 Å². The standard InChI is InChI=1S/C5H9O3P/c1-4(9-8)2-3-5(6)7/h4H,2-3H2,1H3,(H,6,7). The lowest BCUT2D eigenvalue weighted by atomic mass is 10.2. The Kier molecular flexibility index (Phi) is 4.24. The molecule has 1 atom stereocenters. The Balaban J connectivity index is 3.26. The van der Waals surface area contributed by atoms with E-state index in [0.717, 1.165) is 0 Å². The zero-order chi connectivity index (χ0) is 7.28. The number of carboxylic acids is 1. The van der Waals surface area contributed by atoms with Crippen LogP contribution in [0.5, 0.6) is 0 Å². The molecule has 0 aliphatic heterocycles. The van der Waals surface area contributed by atoms with Crippen LogP contribution in [-0.4, -0.2) is 16.7 Å². The highest BCUT2D eigenvalue weighted by Crippen LogP contribution is 2.11. The number of rotatable bonds is 4. The van der Waals surface area contributed by atoms with Gasteiger partial charge < -0.3 is 5.11 Å². The average Bonchev–Trinajstić information content (AvgIpc) is 1.83. The molecule has 9 heavy (non-hydrogen) atoms. The molecular formula is C5H9O3P. The van der Waals surface area contributed by atoms with Gasteiger partial charge in [-0.05, 0) is 6.42 Å². The Morgan fingerprint density at radius 1 is 1.78 bits per heavy atom.